The molecule has 2 aromatic carbocycles. The molecule has 0 aliphatic carbocycles. The van der Waals surface area contributed by atoms with Crippen LogP contribution in [0.4, 0.5) is 5.69 Å². The molecule has 34 heavy (non-hydrogen) atoms. The van der Waals surface area contributed by atoms with Gasteiger partial charge in [-0.3, -0.25) is 14.4 Å². The Kier molecular flexibility index (Phi) is 7.64. The van der Waals surface area contributed by atoms with E-state index < -0.39 is 5.91 Å². The van der Waals surface area contributed by atoms with Gasteiger partial charge in [0.15, 0.2) is 0 Å². The number of carbonyl (C=O) groups is 3. The van der Waals surface area contributed by atoms with Crippen LogP contribution >= 0.6 is 11.3 Å². The zero-order valence-corrected chi connectivity index (χ0v) is 19.8. The molecule has 1 saturated heterocycles. The average molecular weight is 478 g/mol. The molecule has 8 nitrogen and oxygen atoms in total. The highest BCUT2D eigenvalue weighted by Gasteiger charge is 2.28. The predicted molar refractivity (Wildman–Crippen MR) is 131 cm³/mol. The van der Waals surface area contributed by atoms with Gasteiger partial charge < -0.3 is 15.5 Å². The van der Waals surface area contributed by atoms with E-state index in [1.165, 1.54) is 0 Å². The zero-order chi connectivity index (χ0) is 23.9. The van der Waals surface area contributed by atoms with Gasteiger partial charge in [0.2, 0.25) is 15.9 Å². The Morgan fingerprint density at radius 3 is 2.38 bits per heavy atom. The van der Waals surface area contributed by atoms with Gasteiger partial charge in [-0.1, -0.05) is 53.8 Å². The van der Waals surface area contributed by atoms with Gasteiger partial charge >= 0.3 is 0 Å². The molecule has 1 aliphatic heterocycles. The minimum absolute atomic E-state index is 0.0335. The summed E-state index contributed by atoms with van der Waals surface area (Å²) >= 11 is 0.989. The Morgan fingerprint density at radius 1 is 0.971 bits per heavy atom. The maximum Gasteiger partial charge on any atom is 0.286 e. The third kappa shape index (κ3) is 6.05. The molecule has 3 aromatic rings. The Labute approximate surface area is 202 Å². The fourth-order valence-corrected chi connectivity index (χ4v) is 4.63. The van der Waals surface area contributed by atoms with Crippen molar-refractivity contribution < 1.29 is 14.4 Å². The molecule has 2 N–H and O–H groups in total. The second-order valence-electron chi connectivity index (χ2n) is 8.38. The summed E-state index contributed by atoms with van der Waals surface area (Å²) < 4.78 is 0. The number of aryl methyl sites for hydroxylation is 1. The molecule has 1 aliphatic rings. The lowest BCUT2D eigenvalue weighted by Gasteiger charge is -2.31. The van der Waals surface area contributed by atoms with Crippen LogP contribution < -0.4 is 10.6 Å². The number of aromatic nitrogens is 2. The van der Waals surface area contributed by atoms with Crippen molar-refractivity contribution in [2.24, 2.45) is 5.92 Å². The van der Waals surface area contributed by atoms with Gasteiger partial charge in [-0.05, 0) is 48.9 Å². The summed E-state index contributed by atoms with van der Waals surface area (Å²) in [4.78, 5) is 39.3. The number of para-hydroxylation sites is 1. The van der Waals surface area contributed by atoms with E-state index in [1.807, 2.05) is 49.4 Å². The minimum atomic E-state index is -0.391. The fourth-order valence-electron chi connectivity index (χ4n) is 3.92. The molecule has 0 bridgehead atoms. The number of hydrogen-bond acceptors (Lipinski definition) is 6. The second-order valence-corrected chi connectivity index (χ2v) is 9.35. The summed E-state index contributed by atoms with van der Waals surface area (Å²) in [6, 6.07) is 17.1. The van der Waals surface area contributed by atoms with E-state index in [2.05, 4.69) is 20.8 Å². The number of benzene rings is 2. The standard InChI is InChI=1S/C25H27N5O3S/c1-17-7-5-6-8-19(17)16-26-21(31)15-18-11-13-30(14-12-18)25(33)24-29-28-23(34-24)22(32)27-20-9-3-2-4-10-20/h2-10,18H,11-16H2,1H3,(H,26,31)(H,27,32). The number of nitrogens with zero attached hydrogens (tertiary/aromatic N) is 3. The van der Waals surface area contributed by atoms with Crippen molar-refractivity contribution in [1.82, 2.24) is 20.4 Å². The smallest absolute Gasteiger partial charge is 0.286 e. The second kappa shape index (κ2) is 11.0. The maximum absolute atomic E-state index is 12.8. The Morgan fingerprint density at radius 2 is 1.65 bits per heavy atom. The molecule has 2 heterocycles. The molecule has 0 atom stereocenters. The van der Waals surface area contributed by atoms with E-state index in [0.29, 0.717) is 31.7 Å². The van der Waals surface area contributed by atoms with Crippen LogP contribution in [0.1, 0.15) is 50.0 Å². The van der Waals surface area contributed by atoms with Crippen LogP contribution in [0.15, 0.2) is 54.6 Å². The highest BCUT2D eigenvalue weighted by atomic mass is 32.1. The number of amides is 3. The van der Waals surface area contributed by atoms with Crippen LogP contribution in [0.3, 0.4) is 0 Å². The number of nitrogens with one attached hydrogen (secondary N) is 2. The van der Waals surface area contributed by atoms with Crippen molar-refractivity contribution in [3.8, 4) is 0 Å². The van der Waals surface area contributed by atoms with Gasteiger partial charge in [0, 0.05) is 31.7 Å². The largest absolute Gasteiger partial charge is 0.352 e. The quantitative estimate of drug-likeness (QED) is 0.540. The fraction of sp³-hybridized carbons (Fsp3) is 0.320. The van der Waals surface area contributed by atoms with Crippen LogP contribution in [0.25, 0.3) is 0 Å². The molecule has 0 unspecified atom stereocenters. The van der Waals surface area contributed by atoms with Crippen molar-refractivity contribution in [2.75, 3.05) is 18.4 Å². The number of rotatable bonds is 7. The summed E-state index contributed by atoms with van der Waals surface area (Å²) in [5.74, 6) is -0.342. The lowest BCUT2D eigenvalue weighted by molar-refractivity contribution is -0.122. The Hall–Kier alpha value is -3.59. The summed E-state index contributed by atoms with van der Waals surface area (Å²) in [6.07, 6.45) is 1.96. The number of hydrogen-bond donors (Lipinski definition) is 2. The number of piperidine rings is 1. The lowest BCUT2D eigenvalue weighted by atomic mass is 9.93. The van der Waals surface area contributed by atoms with Gasteiger partial charge in [0.25, 0.3) is 11.8 Å². The van der Waals surface area contributed by atoms with Gasteiger partial charge in [0.05, 0.1) is 0 Å². The van der Waals surface area contributed by atoms with Crippen molar-refractivity contribution in [3.63, 3.8) is 0 Å². The molecule has 3 amide bonds. The van der Waals surface area contributed by atoms with E-state index in [1.54, 1.807) is 17.0 Å². The molecule has 4 rings (SSSR count). The highest BCUT2D eigenvalue weighted by Crippen LogP contribution is 2.23. The van der Waals surface area contributed by atoms with E-state index >= 15 is 0 Å². The van der Waals surface area contributed by atoms with Gasteiger partial charge in [-0.25, -0.2) is 0 Å². The first-order valence-electron chi connectivity index (χ1n) is 11.3. The van der Waals surface area contributed by atoms with Gasteiger partial charge in [0.1, 0.15) is 0 Å². The van der Waals surface area contributed by atoms with Crippen LogP contribution in [0, 0.1) is 12.8 Å². The molecule has 176 valence electrons. The molecule has 0 spiro atoms. The SMILES string of the molecule is Cc1ccccc1CNC(=O)CC1CCN(C(=O)c2nnc(C(=O)Nc3ccccc3)s2)CC1. The van der Waals surface area contributed by atoms with Gasteiger partial charge in [-0.15, -0.1) is 10.2 Å². The summed E-state index contributed by atoms with van der Waals surface area (Å²) in [6.45, 7) is 3.67. The molecular formula is C25H27N5O3S. The van der Waals surface area contributed by atoms with Crippen LogP contribution in [0.5, 0.6) is 0 Å². The van der Waals surface area contributed by atoms with E-state index in [0.717, 1.165) is 35.3 Å². The summed E-state index contributed by atoms with van der Waals surface area (Å²) in [7, 11) is 0. The first-order chi connectivity index (χ1) is 16.5. The normalized spacial score (nSPS) is 14.0. The maximum atomic E-state index is 12.8. The minimum Gasteiger partial charge on any atom is -0.352 e. The highest BCUT2D eigenvalue weighted by molar-refractivity contribution is 7.15. The molecule has 0 radical (unpaired) electrons. The Balaban J connectivity index is 1.23. The van der Waals surface area contributed by atoms with Crippen molar-refractivity contribution in [3.05, 3.63) is 75.7 Å². The molecule has 1 fully saturated rings. The average Bonchev–Trinajstić information content (AvgIpc) is 3.35. The number of anilines is 1. The lowest BCUT2D eigenvalue weighted by Crippen LogP contribution is -2.39. The third-order valence-corrected chi connectivity index (χ3v) is 6.86. The van der Waals surface area contributed by atoms with E-state index in [-0.39, 0.29) is 27.7 Å². The number of carbonyl (C=O) groups excluding carboxylic acids is 3. The van der Waals surface area contributed by atoms with Crippen molar-refractivity contribution in [2.45, 2.75) is 32.7 Å². The molecule has 1 aromatic heterocycles. The van der Waals surface area contributed by atoms with Crippen LogP contribution in [0.2, 0.25) is 0 Å². The van der Waals surface area contributed by atoms with E-state index in [4.69, 9.17) is 0 Å². The summed E-state index contributed by atoms with van der Waals surface area (Å²) in [5.41, 5.74) is 2.93. The number of likely N-dealkylation sites (tertiary alicyclic amines) is 1. The van der Waals surface area contributed by atoms with Crippen molar-refractivity contribution in [1.29, 1.82) is 0 Å². The summed E-state index contributed by atoms with van der Waals surface area (Å²) in [5, 5.41) is 13.9. The van der Waals surface area contributed by atoms with E-state index in [9.17, 15) is 14.4 Å². The molecular weight excluding hydrogens is 450 g/mol. The topological polar surface area (TPSA) is 104 Å². The monoisotopic (exact) mass is 477 g/mol. The molecule has 9 heteroatoms. The van der Waals surface area contributed by atoms with Crippen LogP contribution in [-0.2, 0) is 11.3 Å². The van der Waals surface area contributed by atoms with Crippen molar-refractivity contribution >= 4 is 34.7 Å². The Bertz CT molecular complexity index is 1160. The van der Waals surface area contributed by atoms with Crippen LogP contribution in [-0.4, -0.2) is 45.9 Å². The zero-order valence-electron chi connectivity index (χ0n) is 19.0. The first kappa shape index (κ1) is 23.6. The first-order valence-corrected chi connectivity index (χ1v) is 12.1. The third-order valence-electron chi connectivity index (χ3n) is 5.95. The molecule has 0 saturated carbocycles. The van der Waals surface area contributed by atoms with Gasteiger partial charge in [-0.2, -0.15) is 0 Å². The predicted octanol–water partition coefficient (Wildman–Crippen LogP) is 3.66.